The Kier molecular flexibility index (Phi) is 51.9. The van der Waals surface area contributed by atoms with Crippen LogP contribution >= 0.6 is 20.0 Å². The summed E-state index contributed by atoms with van der Waals surface area (Å²) in [7, 11) is 0.302. The molecule has 5 aromatic rings. The molecule has 0 aliphatic carbocycles. The average molecular weight is 1630 g/mol. The predicted molar refractivity (Wildman–Crippen MR) is 386 cm³/mol. The van der Waals surface area contributed by atoms with E-state index in [1.807, 2.05) is 63.0 Å². The van der Waals surface area contributed by atoms with Crippen LogP contribution in [0.1, 0.15) is 89.5 Å². The molecule has 0 fully saturated rings. The van der Waals surface area contributed by atoms with Gasteiger partial charge in [0, 0.05) is 25.1 Å². The van der Waals surface area contributed by atoms with Crippen LogP contribution in [-0.2, 0) is 22.2 Å². The second kappa shape index (κ2) is 44.8. The number of ether oxygens (including phenoxy) is 1. The summed E-state index contributed by atoms with van der Waals surface area (Å²) < 4.78 is 5.65. The molecule has 0 amide bonds. The molecule has 0 spiro atoms. The van der Waals surface area contributed by atoms with E-state index in [1.165, 1.54) is 45.4 Å². The number of aromatic nitrogens is 5. The van der Waals surface area contributed by atoms with Crippen molar-refractivity contribution >= 4 is 151 Å². The van der Waals surface area contributed by atoms with Crippen LogP contribution in [0.4, 0.5) is 0 Å². The number of pyridine rings is 5. The molecule has 5 heterocycles. The second-order valence-electron chi connectivity index (χ2n) is 25.0. The Balaban J connectivity index is -0.000000226. The maximum absolute atomic E-state index is 4.95. The van der Waals surface area contributed by atoms with Gasteiger partial charge in [-0.25, -0.2) is 0 Å². The molecule has 0 bridgehead atoms. The summed E-state index contributed by atoms with van der Waals surface area (Å²) in [5.74, 6) is 0. The van der Waals surface area contributed by atoms with Gasteiger partial charge >= 0.3 is 390 Å². The molecule has 0 aromatic carbocycles. The monoisotopic (exact) mass is 1640 g/mol. The van der Waals surface area contributed by atoms with Crippen molar-refractivity contribution in [3.63, 3.8) is 0 Å². The van der Waals surface area contributed by atoms with Crippen molar-refractivity contribution < 1.29 is 23.6 Å². The number of unbranched alkanes of at least 4 members (excludes halogenated alkanes) is 1. The molecule has 0 radical (unpaired) electrons. The topological polar surface area (TPSA) is 73.7 Å². The normalized spacial score (nSPS) is 11.6. The molecule has 0 unspecified atom stereocenters. The minimum atomic E-state index is -1.48. The first-order chi connectivity index (χ1) is 34.3. The number of halogens is 2. The van der Waals surface area contributed by atoms with Gasteiger partial charge in [-0.2, -0.15) is 6.42 Å². The van der Waals surface area contributed by atoms with Crippen molar-refractivity contribution in [3.8, 4) is 0 Å². The third-order valence-corrected chi connectivity index (χ3v) is 91.0. The van der Waals surface area contributed by atoms with Gasteiger partial charge in [0.1, 0.15) is 0 Å². The zero-order valence-electron chi connectivity index (χ0n) is 51.8. The third kappa shape index (κ3) is 30.7. The Morgan fingerprint density at radius 3 is 1.15 bits per heavy atom. The van der Waals surface area contributed by atoms with Gasteiger partial charge in [0.15, 0.2) is 0 Å². The van der Waals surface area contributed by atoms with Crippen LogP contribution < -0.4 is 18.9 Å². The summed E-state index contributed by atoms with van der Waals surface area (Å²) in [4.78, 5) is 23.7. The molecule has 0 N–H and O–H groups in total. The molecule has 0 saturated carbocycles. The van der Waals surface area contributed by atoms with E-state index < -0.39 is 88.0 Å². The second-order valence-corrected chi connectivity index (χ2v) is 83.8. The Bertz CT molecular complexity index is 2200. The molecule has 0 aliphatic rings. The first-order valence-electron chi connectivity index (χ1n) is 26.8. The zero-order chi connectivity index (χ0) is 57.1. The summed E-state index contributed by atoms with van der Waals surface area (Å²) in [6.07, 6.45) is 12.1. The fraction of sp³-hybridized carbons (Fsp3) is 0.559. The van der Waals surface area contributed by atoms with Gasteiger partial charge in [-0.15, -0.1) is 0 Å². The summed E-state index contributed by atoms with van der Waals surface area (Å²) >= 11 is 0.646. The maximum atomic E-state index is 4.95. The van der Waals surface area contributed by atoms with Crippen molar-refractivity contribution in [3.05, 3.63) is 157 Å². The number of rotatable bonds is 18. The van der Waals surface area contributed by atoms with Gasteiger partial charge in [0.25, 0.3) is 0 Å². The Morgan fingerprint density at radius 1 is 0.544 bits per heavy atom. The van der Waals surface area contributed by atoms with Crippen LogP contribution in [0, 0.1) is 6.92 Å². The average Bonchev–Trinajstić information content (AvgIpc) is 3.30. The zero-order valence-corrected chi connectivity index (χ0v) is 72.5. The van der Waals surface area contributed by atoms with Gasteiger partial charge in [-0.1, -0.05) is 81.0 Å². The van der Waals surface area contributed by atoms with E-state index in [0.29, 0.717) is 6.99 Å². The van der Waals surface area contributed by atoms with Crippen molar-refractivity contribution in [2.45, 2.75) is 196 Å². The van der Waals surface area contributed by atoms with Crippen LogP contribution in [0.2, 0.25) is 118 Å². The summed E-state index contributed by atoms with van der Waals surface area (Å²) in [6, 6.07) is 32.1. The fourth-order valence-corrected chi connectivity index (χ4v) is 107. The molecule has 0 saturated heterocycles. The van der Waals surface area contributed by atoms with E-state index in [2.05, 4.69) is 239 Å². The molecule has 79 heavy (non-hydrogen) atoms. The molecule has 5 rings (SSSR count). The predicted octanol–water partition coefficient (Wildman–Crippen LogP) is 12.8. The van der Waals surface area contributed by atoms with E-state index in [1.54, 1.807) is 0 Å². The van der Waals surface area contributed by atoms with Gasteiger partial charge in [-0.3, -0.25) is 4.98 Å². The Morgan fingerprint density at radius 2 is 0.886 bits per heavy atom. The number of hydrogen-bond donors (Lipinski definition) is 0. The Labute approximate surface area is 559 Å². The van der Waals surface area contributed by atoms with E-state index in [4.69, 9.17) is 34.7 Å². The molecule has 20 heteroatoms. The van der Waals surface area contributed by atoms with Crippen molar-refractivity contribution in [1.82, 2.24) is 24.9 Å². The minimum absolute atomic E-state index is 0. The van der Waals surface area contributed by atoms with Gasteiger partial charge < -0.3 is 11.7 Å². The summed E-state index contributed by atoms with van der Waals surface area (Å²) in [5, 5.41) is 3.17. The molecule has 0 aliphatic heterocycles. The van der Waals surface area contributed by atoms with Crippen LogP contribution in [-0.4, -0.2) is 169 Å². The van der Waals surface area contributed by atoms with Gasteiger partial charge in [-0.05, 0) is 31.1 Å². The molecule has 6 nitrogen and oxygen atoms in total. The SMILES string of the molecule is C.C.C.CCOCC.C[Si](C)(C)C(c1ccccn1)[Si](C)(C)C.C[Si](C)(C)[C]([GeH2][CH2]c1ccccn1)(c1ccccn1)[Si](C)(C)C.C[Si](C)(C)[C](c1ccccn1)([Ge](=[Te])[CH2]c1ccccn1)[Si](C)(C)C.[CH2-]CCC.[Cl][GeH2][Cl].[Li+].[TeH2]. The molecular formula is C59H116Cl2Ge3LiN5OSi6Te2. The van der Waals surface area contributed by atoms with E-state index in [0.717, 1.165) is 24.8 Å². The molecule has 0 atom stereocenters. The van der Waals surface area contributed by atoms with E-state index in [-0.39, 0.29) is 64.8 Å². The summed E-state index contributed by atoms with van der Waals surface area (Å²) in [6.45, 7) is 56.9. The van der Waals surface area contributed by atoms with Gasteiger partial charge in [0.2, 0.25) is 0 Å². The summed E-state index contributed by atoms with van der Waals surface area (Å²) in [5.41, 5.74) is 6.67. The first-order valence-corrected chi connectivity index (χ1v) is 68.8. The molecule has 5 aromatic heterocycles. The van der Waals surface area contributed by atoms with Crippen molar-refractivity contribution in [2.24, 2.45) is 0 Å². The number of nitrogens with zero attached hydrogens (tertiary/aromatic N) is 5. The first kappa shape index (κ1) is 91.6. The van der Waals surface area contributed by atoms with Crippen LogP contribution in [0.5, 0.6) is 0 Å². The third-order valence-electron chi connectivity index (χ3n) is 13.4. The van der Waals surface area contributed by atoms with Crippen LogP contribution in [0.15, 0.2) is 122 Å². The fourth-order valence-electron chi connectivity index (χ4n) is 11.4. The Hall–Kier alpha value is 1.40. The molecular weight excluding hydrogens is 1510 g/mol. The van der Waals surface area contributed by atoms with Crippen LogP contribution in [0.3, 0.4) is 0 Å². The van der Waals surface area contributed by atoms with Gasteiger partial charge in [0.05, 0.1) is 16.1 Å². The van der Waals surface area contributed by atoms with Crippen molar-refractivity contribution in [1.29, 1.82) is 0 Å². The van der Waals surface area contributed by atoms with E-state index >= 15 is 0 Å². The standard InChI is InChI=1S/C18H28GeN2Si2Te.C18H30GeN2Si2.C12H23NSi2.C4H10O.C4H9.3CH4.Cl2GeH2.Li.H2Te/c1-22(2,3)18(23(4,5)6,17-12-8-10-14-21-17)19(24)15-16-11-7-9-13-20-16;1-22(2,3)18(23(4,5)6,17-12-8-10-14-21-17)19-15-16-11-7-9-13-20-16;1-14(2,3)12(15(4,5)6)11-9-7-8-10-13-11;1-3-5-4-2;1-3-4-2;;;;1-3-2;;/h7-14H,15H2,1-6H3;7-14H,15,19H2,1-6H3;7-10,12H,1-6H3;3-4H2,1-2H3;1,3-4H2,2H3;3*1H4;3H2;;1H2/q;;;;-1;;;;;+1;. The van der Waals surface area contributed by atoms with Crippen LogP contribution in [0.25, 0.3) is 0 Å². The van der Waals surface area contributed by atoms with Crippen molar-refractivity contribution in [2.75, 3.05) is 13.2 Å². The molecule has 446 valence electrons. The van der Waals surface area contributed by atoms with E-state index in [9.17, 15) is 0 Å². The quantitative estimate of drug-likeness (QED) is 0.0643. The number of hydrogen-bond acceptors (Lipinski definition) is 6.